The number of rotatable bonds is 4. The first-order valence-electron chi connectivity index (χ1n) is 10.1. The zero-order valence-corrected chi connectivity index (χ0v) is 16.8. The third-order valence-electron chi connectivity index (χ3n) is 5.81. The highest BCUT2D eigenvalue weighted by Crippen LogP contribution is 2.29. The van der Waals surface area contributed by atoms with E-state index in [4.69, 9.17) is 0 Å². The number of aryl methyl sites for hydroxylation is 1. The van der Waals surface area contributed by atoms with E-state index in [0.717, 1.165) is 24.3 Å². The van der Waals surface area contributed by atoms with Crippen molar-refractivity contribution in [2.24, 2.45) is 11.8 Å². The van der Waals surface area contributed by atoms with Gasteiger partial charge in [0.25, 0.3) is 0 Å². The van der Waals surface area contributed by atoms with Gasteiger partial charge in [-0.25, -0.2) is 4.39 Å². The molecule has 1 N–H and O–H groups in total. The van der Waals surface area contributed by atoms with Gasteiger partial charge in [0.1, 0.15) is 5.82 Å². The summed E-state index contributed by atoms with van der Waals surface area (Å²) in [4.78, 5) is 28.8. The largest absolute Gasteiger partial charge is 0.371 e. The predicted molar refractivity (Wildman–Crippen MR) is 113 cm³/mol. The van der Waals surface area contributed by atoms with Gasteiger partial charge in [-0.15, -0.1) is 0 Å². The smallest absolute Gasteiger partial charge is 0.229 e. The Morgan fingerprint density at radius 1 is 1.14 bits per heavy atom. The molecule has 2 aliphatic rings. The second kappa shape index (κ2) is 7.85. The zero-order valence-electron chi connectivity index (χ0n) is 16.8. The molecule has 2 atom stereocenters. The van der Waals surface area contributed by atoms with Crippen molar-refractivity contribution in [2.45, 2.75) is 26.7 Å². The third-order valence-corrected chi connectivity index (χ3v) is 5.81. The summed E-state index contributed by atoms with van der Waals surface area (Å²) in [5, 5.41) is 2.90. The Kier molecular flexibility index (Phi) is 5.26. The van der Waals surface area contributed by atoms with Crippen molar-refractivity contribution >= 4 is 28.9 Å². The van der Waals surface area contributed by atoms with Crippen LogP contribution >= 0.6 is 0 Å². The molecule has 2 fully saturated rings. The number of halogens is 1. The average Bonchev–Trinajstić information content (AvgIpc) is 3.28. The van der Waals surface area contributed by atoms with Gasteiger partial charge in [0.15, 0.2) is 0 Å². The summed E-state index contributed by atoms with van der Waals surface area (Å²) in [6.45, 7) is 6.35. The molecule has 2 unspecified atom stereocenters. The van der Waals surface area contributed by atoms with Crippen molar-refractivity contribution in [3.8, 4) is 0 Å². The van der Waals surface area contributed by atoms with Crippen LogP contribution in [0.3, 0.4) is 0 Å². The number of hydrogen-bond acceptors (Lipinski definition) is 3. The molecule has 29 heavy (non-hydrogen) atoms. The van der Waals surface area contributed by atoms with Crippen LogP contribution in [0.25, 0.3) is 0 Å². The molecular weight excluding hydrogens is 369 g/mol. The molecule has 2 amide bonds. The Morgan fingerprint density at radius 3 is 2.55 bits per heavy atom. The molecule has 0 aliphatic carbocycles. The maximum Gasteiger partial charge on any atom is 0.229 e. The van der Waals surface area contributed by atoms with Crippen LogP contribution < -0.4 is 15.1 Å². The first kappa shape index (κ1) is 19.4. The van der Waals surface area contributed by atoms with E-state index < -0.39 is 11.7 Å². The van der Waals surface area contributed by atoms with Crippen LogP contribution in [0.4, 0.5) is 21.5 Å². The lowest BCUT2D eigenvalue weighted by Gasteiger charge is -2.19. The van der Waals surface area contributed by atoms with Crippen molar-refractivity contribution in [3.05, 3.63) is 53.8 Å². The first-order chi connectivity index (χ1) is 13.9. The maximum absolute atomic E-state index is 14.2. The Balaban J connectivity index is 1.39. The first-order valence-corrected chi connectivity index (χ1v) is 10.1. The van der Waals surface area contributed by atoms with Crippen molar-refractivity contribution in [2.75, 3.05) is 34.8 Å². The average molecular weight is 395 g/mol. The van der Waals surface area contributed by atoms with E-state index in [1.807, 2.05) is 24.3 Å². The van der Waals surface area contributed by atoms with Crippen molar-refractivity contribution in [1.29, 1.82) is 0 Å². The molecule has 2 aliphatic heterocycles. The molecule has 2 aromatic carbocycles. The van der Waals surface area contributed by atoms with Gasteiger partial charge in [0.2, 0.25) is 11.8 Å². The quantitative estimate of drug-likeness (QED) is 0.852. The second-order valence-electron chi connectivity index (χ2n) is 8.24. The SMILES string of the molecule is Cc1ccc(N2CC(C(=O)Nc3ccc(N4CCC(C)C4)cc3)CC2=O)c(F)c1. The van der Waals surface area contributed by atoms with Gasteiger partial charge < -0.3 is 15.1 Å². The fourth-order valence-electron chi connectivity index (χ4n) is 4.12. The molecule has 5 nitrogen and oxygen atoms in total. The Labute approximate surface area is 170 Å². The molecule has 4 rings (SSSR count). The van der Waals surface area contributed by atoms with Crippen LogP contribution in [-0.4, -0.2) is 31.4 Å². The fourth-order valence-corrected chi connectivity index (χ4v) is 4.12. The van der Waals surface area contributed by atoms with Gasteiger partial charge in [0.05, 0.1) is 11.6 Å². The van der Waals surface area contributed by atoms with E-state index in [1.165, 1.54) is 17.4 Å². The molecule has 0 radical (unpaired) electrons. The lowest BCUT2D eigenvalue weighted by Crippen LogP contribution is -2.28. The highest BCUT2D eigenvalue weighted by atomic mass is 19.1. The van der Waals surface area contributed by atoms with E-state index in [1.54, 1.807) is 19.1 Å². The van der Waals surface area contributed by atoms with Gasteiger partial charge in [-0.2, -0.15) is 0 Å². The number of anilines is 3. The molecule has 0 aromatic heterocycles. The molecule has 2 heterocycles. The van der Waals surface area contributed by atoms with Crippen LogP contribution in [0.1, 0.15) is 25.3 Å². The van der Waals surface area contributed by atoms with E-state index >= 15 is 0 Å². The minimum absolute atomic E-state index is 0.0862. The summed E-state index contributed by atoms with van der Waals surface area (Å²) in [5.74, 6) is -0.675. The highest BCUT2D eigenvalue weighted by molar-refractivity contribution is 6.03. The van der Waals surface area contributed by atoms with Crippen molar-refractivity contribution < 1.29 is 14.0 Å². The molecular formula is C23H26FN3O2. The third kappa shape index (κ3) is 4.11. The molecule has 0 bridgehead atoms. The lowest BCUT2D eigenvalue weighted by atomic mass is 10.1. The number of carbonyl (C=O) groups excluding carboxylic acids is 2. The van der Waals surface area contributed by atoms with Gasteiger partial charge in [0, 0.05) is 37.4 Å². The van der Waals surface area contributed by atoms with Gasteiger partial charge in [-0.3, -0.25) is 9.59 Å². The van der Waals surface area contributed by atoms with Crippen LogP contribution in [-0.2, 0) is 9.59 Å². The standard InChI is InChI=1S/C23H26FN3O2/c1-15-3-8-21(20(24)11-15)27-14-17(12-22(27)28)23(29)25-18-4-6-19(7-5-18)26-10-9-16(2)13-26/h3-8,11,16-17H,9-10,12-14H2,1-2H3,(H,25,29). The number of nitrogens with one attached hydrogen (secondary N) is 1. The minimum atomic E-state index is -0.498. The van der Waals surface area contributed by atoms with Crippen LogP contribution in [0.5, 0.6) is 0 Å². The van der Waals surface area contributed by atoms with Gasteiger partial charge in [-0.1, -0.05) is 13.0 Å². The Morgan fingerprint density at radius 2 is 1.90 bits per heavy atom. The fraction of sp³-hybridized carbons (Fsp3) is 0.391. The predicted octanol–water partition coefficient (Wildman–Crippen LogP) is 3.97. The summed E-state index contributed by atoms with van der Waals surface area (Å²) >= 11 is 0. The Hall–Kier alpha value is -2.89. The summed E-state index contributed by atoms with van der Waals surface area (Å²) in [6, 6.07) is 12.6. The van der Waals surface area contributed by atoms with Crippen molar-refractivity contribution in [1.82, 2.24) is 0 Å². The van der Waals surface area contributed by atoms with Crippen molar-refractivity contribution in [3.63, 3.8) is 0 Å². The summed E-state index contributed by atoms with van der Waals surface area (Å²) in [6.07, 6.45) is 1.29. The molecule has 152 valence electrons. The number of amides is 2. The van der Waals surface area contributed by atoms with Gasteiger partial charge in [-0.05, 0) is 61.2 Å². The second-order valence-corrected chi connectivity index (χ2v) is 8.24. The molecule has 2 saturated heterocycles. The zero-order chi connectivity index (χ0) is 20.5. The maximum atomic E-state index is 14.2. The highest BCUT2D eigenvalue weighted by Gasteiger charge is 2.36. The van der Waals surface area contributed by atoms with Crippen LogP contribution in [0.15, 0.2) is 42.5 Å². The normalized spacial score (nSPS) is 21.7. The van der Waals surface area contributed by atoms with E-state index in [-0.39, 0.29) is 30.5 Å². The van der Waals surface area contributed by atoms with Crippen LogP contribution in [0, 0.1) is 24.6 Å². The van der Waals surface area contributed by atoms with Crippen LogP contribution in [0.2, 0.25) is 0 Å². The molecule has 0 saturated carbocycles. The minimum Gasteiger partial charge on any atom is -0.371 e. The number of benzene rings is 2. The number of nitrogens with zero attached hydrogens (tertiary/aromatic N) is 2. The summed E-state index contributed by atoms with van der Waals surface area (Å²) in [5.41, 5.74) is 2.89. The topological polar surface area (TPSA) is 52.7 Å². The van der Waals surface area contributed by atoms with E-state index in [2.05, 4.69) is 17.1 Å². The number of hydrogen-bond donors (Lipinski definition) is 1. The molecule has 0 spiro atoms. The molecule has 2 aromatic rings. The monoisotopic (exact) mass is 395 g/mol. The van der Waals surface area contributed by atoms with E-state index in [9.17, 15) is 14.0 Å². The summed E-state index contributed by atoms with van der Waals surface area (Å²) in [7, 11) is 0. The van der Waals surface area contributed by atoms with E-state index in [0.29, 0.717) is 11.6 Å². The lowest BCUT2D eigenvalue weighted by molar-refractivity contribution is -0.122. The Bertz CT molecular complexity index is 928. The van der Waals surface area contributed by atoms with Gasteiger partial charge >= 0.3 is 0 Å². The summed E-state index contributed by atoms with van der Waals surface area (Å²) < 4.78 is 14.2. The number of carbonyl (C=O) groups is 2. The molecule has 6 heteroatoms.